The standard InChI is InChI=1S/C30H41N3O8/c1-13(2)11-33(7)12-16-10-19(34)21-17(26(16)41-14(3)4)8-15-9-18-23(32(5)6)25(36)22(29(31)39)28(38)30(18,40)27(37)20(15)24(21)35/h10,13-15,18,20,22-23,34,40H,8-9,11-12H2,1-7H3,(H2,31,39)/t15-,18-,20?,22?,23-,30-/m0/s1. The van der Waals surface area contributed by atoms with Gasteiger partial charge in [0.05, 0.1) is 23.6 Å². The van der Waals surface area contributed by atoms with Crippen LogP contribution >= 0.6 is 0 Å². The van der Waals surface area contributed by atoms with Crippen LogP contribution in [0.25, 0.3) is 0 Å². The van der Waals surface area contributed by atoms with Crippen molar-refractivity contribution < 1.29 is 38.9 Å². The molecule has 4 N–H and O–H groups in total. The Morgan fingerprint density at radius 2 is 1.76 bits per heavy atom. The number of rotatable bonds is 8. The van der Waals surface area contributed by atoms with Gasteiger partial charge < -0.3 is 25.6 Å². The van der Waals surface area contributed by atoms with Gasteiger partial charge in [0.2, 0.25) is 5.91 Å². The van der Waals surface area contributed by atoms with Crippen molar-refractivity contribution in [2.24, 2.45) is 35.3 Å². The first kappa shape index (κ1) is 30.8. The van der Waals surface area contributed by atoms with Crippen molar-refractivity contribution in [3.8, 4) is 11.5 Å². The van der Waals surface area contributed by atoms with Gasteiger partial charge in [0.1, 0.15) is 11.5 Å². The van der Waals surface area contributed by atoms with Gasteiger partial charge in [-0.3, -0.25) is 28.9 Å². The normalized spacial score (nSPS) is 29.7. The second kappa shape index (κ2) is 10.9. The third-order valence-electron chi connectivity index (χ3n) is 8.56. The fourth-order valence-corrected chi connectivity index (χ4v) is 7.20. The van der Waals surface area contributed by atoms with Crippen LogP contribution in [0.1, 0.15) is 55.6 Å². The van der Waals surface area contributed by atoms with Gasteiger partial charge in [-0.15, -0.1) is 0 Å². The fraction of sp³-hybridized carbons (Fsp3) is 0.633. The van der Waals surface area contributed by atoms with Gasteiger partial charge >= 0.3 is 0 Å². The molecule has 1 aromatic carbocycles. The number of phenolic OH excluding ortho intramolecular Hbond substituents is 1. The SMILES string of the molecule is CC(C)CN(C)Cc1cc(O)c2c(c1OC(C)C)C[C@H]1C[C@H]3[C@H](N(C)C)C(=O)C(C(N)=O)C(=O)[C@@]3(O)C(=O)C1C2=O. The number of nitrogens with two attached hydrogens (primary N) is 1. The van der Waals surface area contributed by atoms with E-state index in [2.05, 4.69) is 18.7 Å². The molecule has 11 heteroatoms. The summed E-state index contributed by atoms with van der Waals surface area (Å²) >= 11 is 0. The summed E-state index contributed by atoms with van der Waals surface area (Å²) < 4.78 is 6.23. The molecule has 4 rings (SSSR count). The quantitative estimate of drug-likeness (QED) is 0.379. The van der Waals surface area contributed by atoms with E-state index in [-0.39, 0.29) is 30.3 Å². The molecule has 0 aromatic heterocycles. The molecule has 0 spiro atoms. The number of Topliss-reactive ketones (excluding diaryl/α,β-unsaturated/α-hetero) is 4. The summed E-state index contributed by atoms with van der Waals surface area (Å²) in [7, 11) is 5.07. The van der Waals surface area contributed by atoms with Crippen LogP contribution in [0.4, 0.5) is 0 Å². The zero-order chi connectivity index (χ0) is 30.7. The van der Waals surface area contributed by atoms with Gasteiger partial charge in [-0.1, -0.05) is 13.8 Å². The van der Waals surface area contributed by atoms with Crippen molar-refractivity contribution in [3.05, 3.63) is 22.8 Å². The molecule has 3 aliphatic rings. The number of aromatic hydroxyl groups is 1. The Kier molecular flexibility index (Phi) is 8.20. The number of benzene rings is 1. The average Bonchev–Trinajstić information content (AvgIpc) is 2.82. The van der Waals surface area contributed by atoms with Gasteiger partial charge in [-0.25, -0.2) is 0 Å². The van der Waals surface area contributed by atoms with E-state index in [9.17, 15) is 34.2 Å². The average molecular weight is 572 g/mol. The predicted molar refractivity (Wildman–Crippen MR) is 148 cm³/mol. The highest BCUT2D eigenvalue weighted by molar-refractivity contribution is 6.32. The first-order chi connectivity index (χ1) is 19.0. The molecular formula is C30H41N3O8. The number of aliphatic hydroxyl groups is 1. The lowest BCUT2D eigenvalue weighted by atomic mass is 9.52. The van der Waals surface area contributed by atoms with Crippen LogP contribution in [-0.2, 0) is 32.1 Å². The van der Waals surface area contributed by atoms with E-state index in [4.69, 9.17) is 10.5 Å². The van der Waals surface area contributed by atoms with Gasteiger partial charge in [0.25, 0.3) is 0 Å². The van der Waals surface area contributed by atoms with Crippen molar-refractivity contribution >= 4 is 29.0 Å². The molecule has 0 bridgehead atoms. The number of fused-ring (bicyclic) bond motifs is 3. The molecule has 224 valence electrons. The Morgan fingerprint density at radius 1 is 1.12 bits per heavy atom. The largest absolute Gasteiger partial charge is 0.507 e. The van der Waals surface area contributed by atoms with E-state index < -0.39 is 64.4 Å². The molecule has 11 nitrogen and oxygen atoms in total. The van der Waals surface area contributed by atoms with Gasteiger partial charge in [-0.2, -0.15) is 0 Å². The molecule has 2 unspecified atom stereocenters. The maximum absolute atomic E-state index is 14.0. The summed E-state index contributed by atoms with van der Waals surface area (Å²) in [4.78, 5) is 70.3. The van der Waals surface area contributed by atoms with Crippen LogP contribution < -0.4 is 10.5 Å². The van der Waals surface area contributed by atoms with E-state index >= 15 is 0 Å². The number of carbonyl (C=O) groups excluding carboxylic acids is 5. The van der Waals surface area contributed by atoms with Crippen LogP contribution in [0.2, 0.25) is 0 Å². The molecule has 0 aliphatic heterocycles. The number of nitrogens with zero attached hydrogens (tertiary/aromatic N) is 2. The molecule has 41 heavy (non-hydrogen) atoms. The molecular weight excluding hydrogens is 530 g/mol. The van der Waals surface area contributed by atoms with Gasteiger partial charge in [0, 0.05) is 30.1 Å². The number of ether oxygens (including phenoxy) is 1. The Hall–Kier alpha value is -3.15. The van der Waals surface area contributed by atoms with Crippen LogP contribution in [0, 0.1) is 29.6 Å². The minimum atomic E-state index is -2.75. The number of ketones is 4. The van der Waals surface area contributed by atoms with Gasteiger partial charge in [-0.05, 0) is 65.7 Å². The minimum Gasteiger partial charge on any atom is -0.507 e. The fourth-order valence-electron chi connectivity index (χ4n) is 7.20. The Labute approximate surface area is 240 Å². The molecule has 0 saturated heterocycles. The summed E-state index contributed by atoms with van der Waals surface area (Å²) in [5.74, 6) is -9.81. The second-order valence-electron chi connectivity index (χ2n) is 12.8. The van der Waals surface area contributed by atoms with Crippen molar-refractivity contribution in [3.63, 3.8) is 0 Å². The number of primary amides is 1. The number of carbonyl (C=O) groups is 5. The molecule has 0 heterocycles. The monoisotopic (exact) mass is 571 g/mol. The molecule has 6 atom stereocenters. The molecule has 1 aromatic rings. The summed E-state index contributed by atoms with van der Waals surface area (Å²) in [6.45, 7) is 9.14. The minimum absolute atomic E-state index is 0.0107. The maximum Gasteiger partial charge on any atom is 0.235 e. The van der Waals surface area contributed by atoms with E-state index in [0.717, 1.165) is 6.54 Å². The summed E-state index contributed by atoms with van der Waals surface area (Å²) in [5.41, 5.74) is 3.73. The van der Waals surface area contributed by atoms with E-state index in [0.29, 0.717) is 29.3 Å². The molecule has 1 amide bonds. The Bertz CT molecular complexity index is 1300. The van der Waals surface area contributed by atoms with Crippen molar-refractivity contribution in [1.29, 1.82) is 0 Å². The number of hydrogen-bond donors (Lipinski definition) is 3. The third kappa shape index (κ3) is 4.97. The van der Waals surface area contributed by atoms with Crippen LogP contribution in [0.5, 0.6) is 11.5 Å². The predicted octanol–water partition coefficient (Wildman–Crippen LogP) is 0.742. The number of hydrogen-bond acceptors (Lipinski definition) is 10. The van der Waals surface area contributed by atoms with Crippen LogP contribution in [0.3, 0.4) is 0 Å². The lowest BCUT2D eigenvalue weighted by Crippen LogP contribution is -2.74. The Morgan fingerprint density at radius 3 is 2.29 bits per heavy atom. The smallest absolute Gasteiger partial charge is 0.235 e. The first-order valence-corrected chi connectivity index (χ1v) is 14.1. The lowest BCUT2D eigenvalue weighted by Gasteiger charge is -2.52. The highest BCUT2D eigenvalue weighted by atomic mass is 16.5. The summed E-state index contributed by atoms with van der Waals surface area (Å²) in [5, 5.41) is 22.8. The number of phenols is 1. The molecule has 0 radical (unpaired) electrons. The maximum atomic E-state index is 14.0. The zero-order valence-corrected chi connectivity index (χ0v) is 24.8. The molecule has 2 fully saturated rings. The van der Waals surface area contributed by atoms with Gasteiger partial charge in [0.15, 0.2) is 34.7 Å². The molecule has 2 saturated carbocycles. The number of amides is 1. The van der Waals surface area contributed by atoms with Crippen molar-refractivity contribution in [2.75, 3.05) is 27.7 Å². The number of likely N-dealkylation sites (N-methyl/N-ethyl adjacent to an activating group) is 1. The highest BCUT2D eigenvalue weighted by Gasteiger charge is 2.69. The van der Waals surface area contributed by atoms with Crippen molar-refractivity contribution in [2.45, 2.75) is 64.8 Å². The second-order valence-corrected chi connectivity index (χ2v) is 12.8. The highest BCUT2D eigenvalue weighted by Crippen LogP contribution is 2.52. The van der Waals surface area contributed by atoms with E-state index in [1.54, 1.807) is 14.1 Å². The first-order valence-electron chi connectivity index (χ1n) is 14.1. The van der Waals surface area contributed by atoms with Crippen LogP contribution in [0.15, 0.2) is 6.07 Å². The third-order valence-corrected chi connectivity index (χ3v) is 8.56. The molecule has 3 aliphatic carbocycles. The van der Waals surface area contributed by atoms with E-state index in [1.165, 1.54) is 11.0 Å². The van der Waals surface area contributed by atoms with Crippen molar-refractivity contribution in [1.82, 2.24) is 9.80 Å². The summed E-state index contributed by atoms with van der Waals surface area (Å²) in [6, 6.07) is 0.332. The Balaban J connectivity index is 1.85. The topological polar surface area (TPSA) is 168 Å². The lowest BCUT2D eigenvalue weighted by molar-refractivity contribution is -0.181. The summed E-state index contributed by atoms with van der Waals surface area (Å²) in [6.07, 6.45) is -0.104. The van der Waals surface area contributed by atoms with Crippen LogP contribution in [-0.4, -0.2) is 94.5 Å². The van der Waals surface area contributed by atoms with E-state index in [1.807, 2.05) is 20.9 Å². The zero-order valence-electron chi connectivity index (χ0n) is 24.8.